The van der Waals surface area contributed by atoms with Gasteiger partial charge in [0.25, 0.3) is 5.56 Å². The van der Waals surface area contributed by atoms with Gasteiger partial charge in [0.15, 0.2) is 5.16 Å². The second kappa shape index (κ2) is 9.41. The third kappa shape index (κ3) is 4.44. The van der Waals surface area contributed by atoms with Crippen molar-refractivity contribution in [3.63, 3.8) is 0 Å². The van der Waals surface area contributed by atoms with Crippen LogP contribution in [0.1, 0.15) is 55.5 Å². The van der Waals surface area contributed by atoms with Crippen molar-refractivity contribution in [2.45, 2.75) is 69.3 Å². The van der Waals surface area contributed by atoms with Crippen LogP contribution < -0.4 is 10.9 Å². The number of hydrogen-bond acceptors (Lipinski definition) is 6. The summed E-state index contributed by atoms with van der Waals surface area (Å²) in [6, 6.07) is 0.184. The van der Waals surface area contributed by atoms with E-state index in [1.165, 1.54) is 11.8 Å². The van der Waals surface area contributed by atoms with Gasteiger partial charge in [-0.25, -0.2) is 4.98 Å². The normalized spacial score (nSPS) is 16.0. The maximum absolute atomic E-state index is 13.4. The summed E-state index contributed by atoms with van der Waals surface area (Å²) in [4.78, 5) is 32.6. The second-order valence-corrected chi connectivity index (χ2v) is 9.88. The molecule has 0 saturated heterocycles. The number of thiophene rings is 1. The van der Waals surface area contributed by atoms with Gasteiger partial charge in [0.2, 0.25) is 5.91 Å². The second-order valence-electron chi connectivity index (χ2n) is 7.37. The maximum atomic E-state index is 13.4. The quantitative estimate of drug-likeness (QED) is 0.397. The van der Waals surface area contributed by atoms with Gasteiger partial charge in [-0.1, -0.05) is 24.6 Å². The van der Waals surface area contributed by atoms with Gasteiger partial charge in [-0.3, -0.25) is 14.2 Å². The fourth-order valence-corrected chi connectivity index (χ4v) is 5.71. The average Bonchev–Trinajstić information content (AvgIpc) is 3.27. The van der Waals surface area contributed by atoms with Gasteiger partial charge < -0.3 is 10.1 Å². The van der Waals surface area contributed by atoms with Crippen LogP contribution in [0.5, 0.6) is 0 Å². The number of amides is 1. The zero-order valence-corrected chi connectivity index (χ0v) is 18.7. The van der Waals surface area contributed by atoms with E-state index in [4.69, 9.17) is 9.72 Å². The van der Waals surface area contributed by atoms with E-state index in [0.29, 0.717) is 18.3 Å². The largest absolute Gasteiger partial charge is 0.385 e. The number of nitrogens with zero attached hydrogens (tertiary/aromatic N) is 2. The Hall–Kier alpha value is -1.38. The number of aryl methyl sites for hydroxylation is 2. The van der Waals surface area contributed by atoms with E-state index in [2.05, 4.69) is 5.32 Å². The predicted octanol–water partition coefficient (Wildman–Crippen LogP) is 3.82. The van der Waals surface area contributed by atoms with Crippen molar-refractivity contribution in [2.24, 2.45) is 0 Å². The minimum atomic E-state index is -0.318. The molecule has 8 heteroatoms. The molecule has 2 aromatic rings. The number of fused-ring (bicyclic) bond motifs is 1. The third-order valence-corrected chi connectivity index (χ3v) is 7.54. The molecule has 0 aromatic carbocycles. The number of methoxy groups -OCH3 is 1. The van der Waals surface area contributed by atoms with E-state index in [9.17, 15) is 9.59 Å². The minimum absolute atomic E-state index is 0.0352. The van der Waals surface area contributed by atoms with Crippen LogP contribution in [-0.2, 0) is 9.53 Å². The van der Waals surface area contributed by atoms with Crippen molar-refractivity contribution < 1.29 is 9.53 Å². The van der Waals surface area contributed by atoms with Crippen molar-refractivity contribution >= 4 is 39.2 Å². The van der Waals surface area contributed by atoms with Gasteiger partial charge in [-0.2, -0.15) is 0 Å². The number of carbonyl (C=O) groups is 1. The first kappa shape index (κ1) is 21.3. The summed E-state index contributed by atoms with van der Waals surface area (Å²) < 4.78 is 6.88. The molecule has 2 heterocycles. The molecule has 154 valence electrons. The van der Waals surface area contributed by atoms with Crippen LogP contribution in [0, 0.1) is 13.8 Å². The van der Waals surface area contributed by atoms with Gasteiger partial charge >= 0.3 is 0 Å². The molecule has 0 bridgehead atoms. The fourth-order valence-electron chi connectivity index (χ4n) is 3.64. The Morgan fingerprint density at radius 2 is 2.11 bits per heavy atom. The number of ether oxygens (including phenoxy) is 1. The molecule has 1 N–H and O–H groups in total. The van der Waals surface area contributed by atoms with Crippen molar-refractivity contribution in [2.75, 3.05) is 20.3 Å². The van der Waals surface area contributed by atoms with Crippen molar-refractivity contribution in [3.05, 3.63) is 20.8 Å². The molecule has 1 fully saturated rings. The Kier molecular flexibility index (Phi) is 7.17. The average molecular weight is 424 g/mol. The lowest BCUT2D eigenvalue weighted by molar-refractivity contribution is -0.120. The first-order valence-electron chi connectivity index (χ1n) is 9.89. The van der Waals surface area contributed by atoms with Crippen LogP contribution in [0.2, 0.25) is 0 Å². The highest BCUT2D eigenvalue weighted by Gasteiger charge is 2.27. The van der Waals surface area contributed by atoms with Gasteiger partial charge in [-0.15, -0.1) is 11.3 Å². The molecular formula is C20H29N3O3S2. The summed E-state index contributed by atoms with van der Waals surface area (Å²) in [5, 5.41) is 4.04. The number of carbonyl (C=O) groups excluding carboxylic acids is 1. The molecular weight excluding hydrogens is 394 g/mol. The first-order chi connectivity index (χ1) is 13.4. The Balaban J connectivity index is 1.89. The maximum Gasteiger partial charge on any atom is 0.263 e. The molecule has 0 radical (unpaired) electrons. The molecule has 1 saturated carbocycles. The summed E-state index contributed by atoms with van der Waals surface area (Å²) in [6.07, 6.45) is 5.05. The van der Waals surface area contributed by atoms with Crippen LogP contribution in [0.4, 0.5) is 0 Å². The molecule has 1 amide bonds. The SMILES string of the molecule is COCCCNC(=O)C(C)Sc1nc2sc(C)c(C)c2c(=O)n1C1CCCC1. The van der Waals surface area contributed by atoms with E-state index in [1.807, 2.05) is 25.3 Å². The fraction of sp³-hybridized carbons (Fsp3) is 0.650. The molecule has 0 spiro atoms. The molecule has 1 aliphatic carbocycles. The molecule has 1 atom stereocenters. The Morgan fingerprint density at radius 1 is 1.39 bits per heavy atom. The van der Waals surface area contributed by atoms with Crippen molar-refractivity contribution in [1.82, 2.24) is 14.9 Å². The summed E-state index contributed by atoms with van der Waals surface area (Å²) >= 11 is 2.95. The standard InChI is InChI=1S/C20H29N3O3S2/c1-12-13(2)27-18-16(12)19(25)23(15-8-5-6-9-15)20(22-18)28-14(3)17(24)21-10-7-11-26-4/h14-15H,5-11H2,1-4H3,(H,21,24). The van der Waals surface area contributed by atoms with Crippen LogP contribution in [0.25, 0.3) is 10.2 Å². The molecule has 28 heavy (non-hydrogen) atoms. The van der Waals surface area contributed by atoms with Gasteiger partial charge in [0.05, 0.1) is 10.6 Å². The Bertz CT molecular complexity index is 900. The van der Waals surface area contributed by atoms with E-state index in [0.717, 1.165) is 52.8 Å². The van der Waals surface area contributed by atoms with Crippen LogP contribution in [0.15, 0.2) is 9.95 Å². The van der Waals surface area contributed by atoms with E-state index >= 15 is 0 Å². The summed E-state index contributed by atoms with van der Waals surface area (Å²) in [6.45, 7) is 7.11. The summed E-state index contributed by atoms with van der Waals surface area (Å²) in [5.41, 5.74) is 1.08. The van der Waals surface area contributed by atoms with Crippen molar-refractivity contribution in [3.8, 4) is 0 Å². The van der Waals surface area contributed by atoms with Gasteiger partial charge in [-0.05, 0) is 45.6 Å². The Labute approximate surface area is 174 Å². The van der Waals surface area contributed by atoms with Crippen molar-refractivity contribution in [1.29, 1.82) is 0 Å². The smallest absolute Gasteiger partial charge is 0.263 e. The summed E-state index contributed by atoms with van der Waals surface area (Å²) in [5.74, 6) is -0.0352. The highest BCUT2D eigenvalue weighted by molar-refractivity contribution is 8.00. The number of thioether (sulfide) groups is 1. The molecule has 6 nitrogen and oxygen atoms in total. The lowest BCUT2D eigenvalue weighted by atomic mass is 10.2. The van der Waals surface area contributed by atoms with Gasteiger partial charge in [0.1, 0.15) is 4.83 Å². The summed E-state index contributed by atoms with van der Waals surface area (Å²) in [7, 11) is 1.65. The Morgan fingerprint density at radius 3 is 2.79 bits per heavy atom. The number of rotatable bonds is 8. The molecule has 1 unspecified atom stereocenters. The first-order valence-corrected chi connectivity index (χ1v) is 11.6. The molecule has 1 aliphatic rings. The van der Waals surface area contributed by atoms with E-state index in [-0.39, 0.29) is 22.8 Å². The lowest BCUT2D eigenvalue weighted by Crippen LogP contribution is -2.33. The topological polar surface area (TPSA) is 73.2 Å². The van der Waals surface area contributed by atoms with Crippen LogP contribution in [0.3, 0.4) is 0 Å². The van der Waals surface area contributed by atoms with E-state index < -0.39 is 0 Å². The minimum Gasteiger partial charge on any atom is -0.385 e. The van der Waals surface area contributed by atoms with Gasteiger partial charge in [0, 0.05) is 31.2 Å². The third-order valence-electron chi connectivity index (χ3n) is 5.37. The molecule has 0 aliphatic heterocycles. The molecule has 2 aromatic heterocycles. The zero-order chi connectivity index (χ0) is 20.3. The number of hydrogen-bond donors (Lipinski definition) is 1. The lowest BCUT2D eigenvalue weighted by Gasteiger charge is -2.20. The predicted molar refractivity (Wildman–Crippen MR) is 116 cm³/mol. The monoisotopic (exact) mass is 423 g/mol. The number of aromatic nitrogens is 2. The zero-order valence-electron chi connectivity index (χ0n) is 17.0. The highest BCUT2D eigenvalue weighted by atomic mass is 32.2. The number of nitrogens with one attached hydrogen (secondary N) is 1. The van der Waals surface area contributed by atoms with Crippen LogP contribution >= 0.6 is 23.1 Å². The van der Waals surface area contributed by atoms with Crippen LogP contribution in [-0.4, -0.2) is 41.0 Å². The molecule has 3 rings (SSSR count). The van der Waals surface area contributed by atoms with E-state index in [1.54, 1.807) is 18.4 Å². The highest BCUT2D eigenvalue weighted by Crippen LogP contribution is 2.35.